The lowest BCUT2D eigenvalue weighted by atomic mass is 9.96. The van der Waals surface area contributed by atoms with Crippen molar-refractivity contribution in [2.45, 2.75) is 11.9 Å². The molecule has 128 valence electrons. The van der Waals surface area contributed by atoms with Crippen LogP contribution in [0.1, 0.15) is 17.0 Å². The van der Waals surface area contributed by atoms with Crippen LogP contribution < -0.4 is 0 Å². The highest BCUT2D eigenvalue weighted by atomic mass is 16.9. The van der Waals surface area contributed by atoms with E-state index in [-0.39, 0.29) is 5.92 Å². The van der Waals surface area contributed by atoms with Gasteiger partial charge in [0.15, 0.2) is 0 Å². The van der Waals surface area contributed by atoms with Crippen molar-refractivity contribution < 1.29 is 14.2 Å². The van der Waals surface area contributed by atoms with Gasteiger partial charge in [0.2, 0.25) is 0 Å². The molecule has 2 aromatic carbocycles. The maximum absolute atomic E-state index is 6.23. The van der Waals surface area contributed by atoms with Gasteiger partial charge in [0.25, 0.3) is 0 Å². The number of hydrogen-bond donors (Lipinski definition) is 0. The number of hydrogen-bond acceptors (Lipinski definition) is 3. The average molecular weight is 334 g/mol. The normalized spacial score (nSPS) is 18.2. The van der Waals surface area contributed by atoms with E-state index in [0.717, 1.165) is 16.9 Å². The third-order valence-corrected chi connectivity index (χ3v) is 3.97. The highest BCUT2D eigenvalue weighted by molar-refractivity contribution is 5.63. The van der Waals surface area contributed by atoms with Gasteiger partial charge in [0, 0.05) is 5.56 Å². The molecule has 1 heterocycles. The summed E-state index contributed by atoms with van der Waals surface area (Å²) >= 11 is 0. The van der Waals surface area contributed by atoms with Gasteiger partial charge in [-0.1, -0.05) is 72.8 Å². The van der Waals surface area contributed by atoms with Crippen LogP contribution in [0.4, 0.5) is 0 Å². The van der Waals surface area contributed by atoms with Crippen molar-refractivity contribution >= 4 is 5.76 Å². The summed E-state index contributed by atoms with van der Waals surface area (Å²) in [5.41, 5.74) is 2.04. The third kappa shape index (κ3) is 3.73. The summed E-state index contributed by atoms with van der Waals surface area (Å²) in [6, 6.07) is 20.0. The molecule has 3 nitrogen and oxygen atoms in total. The van der Waals surface area contributed by atoms with Crippen molar-refractivity contribution in [3.63, 3.8) is 0 Å². The molecule has 0 aliphatic carbocycles. The van der Waals surface area contributed by atoms with E-state index in [1.807, 2.05) is 60.7 Å². The van der Waals surface area contributed by atoms with Crippen molar-refractivity contribution in [2.75, 3.05) is 13.2 Å². The molecule has 0 saturated carbocycles. The van der Waals surface area contributed by atoms with Crippen molar-refractivity contribution in [3.8, 4) is 0 Å². The lowest BCUT2D eigenvalue weighted by Crippen LogP contribution is -2.41. The van der Waals surface area contributed by atoms with Gasteiger partial charge in [-0.15, -0.1) is 13.2 Å². The van der Waals surface area contributed by atoms with Crippen LogP contribution in [0.25, 0.3) is 5.76 Å². The van der Waals surface area contributed by atoms with Gasteiger partial charge < -0.3 is 14.2 Å². The number of benzene rings is 2. The Morgan fingerprint density at radius 3 is 2.00 bits per heavy atom. The zero-order valence-corrected chi connectivity index (χ0v) is 14.1. The van der Waals surface area contributed by atoms with E-state index in [2.05, 4.69) is 19.2 Å². The third-order valence-electron chi connectivity index (χ3n) is 3.97. The first-order chi connectivity index (χ1) is 12.3. The number of ether oxygens (including phenoxy) is 3. The fourth-order valence-corrected chi connectivity index (χ4v) is 2.85. The molecule has 1 atom stereocenters. The summed E-state index contributed by atoms with van der Waals surface area (Å²) in [5.74, 6) is -0.707. The molecule has 1 unspecified atom stereocenters. The fraction of sp³-hybridized carbons (Fsp3) is 0.182. The lowest BCUT2D eigenvalue weighted by Gasteiger charge is -2.33. The molecular formula is C22H22O3. The molecule has 25 heavy (non-hydrogen) atoms. The van der Waals surface area contributed by atoms with Crippen LogP contribution in [-0.2, 0) is 14.2 Å². The quantitative estimate of drug-likeness (QED) is 0.507. The van der Waals surface area contributed by atoms with Gasteiger partial charge in [-0.3, -0.25) is 0 Å². The van der Waals surface area contributed by atoms with Crippen molar-refractivity contribution in [3.05, 3.63) is 103 Å². The second kappa shape index (κ2) is 7.97. The van der Waals surface area contributed by atoms with Crippen LogP contribution in [0.2, 0.25) is 0 Å². The highest BCUT2D eigenvalue weighted by Crippen LogP contribution is 2.45. The van der Waals surface area contributed by atoms with E-state index < -0.39 is 5.97 Å². The first-order valence-electron chi connectivity index (χ1n) is 8.30. The molecule has 1 aliphatic rings. The summed E-state index contributed by atoms with van der Waals surface area (Å²) in [7, 11) is 0. The van der Waals surface area contributed by atoms with Crippen LogP contribution in [0.5, 0.6) is 0 Å². The van der Waals surface area contributed by atoms with Crippen molar-refractivity contribution in [2.24, 2.45) is 0 Å². The van der Waals surface area contributed by atoms with Crippen molar-refractivity contribution in [1.82, 2.24) is 0 Å². The second-order valence-electron chi connectivity index (χ2n) is 5.69. The molecule has 0 bridgehead atoms. The van der Waals surface area contributed by atoms with Gasteiger partial charge in [0.1, 0.15) is 11.7 Å². The molecule has 3 heteroatoms. The maximum Gasteiger partial charge on any atom is 0.338 e. The van der Waals surface area contributed by atoms with Crippen molar-refractivity contribution in [1.29, 1.82) is 0 Å². The largest absolute Gasteiger partial charge is 0.438 e. The molecular weight excluding hydrogens is 312 g/mol. The smallest absolute Gasteiger partial charge is 0.338 e. The Morgan fingerprint density at radius 2 is 1.44 bits per heavy atom. The summed E-state index contributed by atoms with van der Waals surface area (Å²) in [6.07, 6.45) is 5.42. The van der Waals surface area contributed by atoms with Gasteiger partial charge >= 0.3 is 5.97 Å². The van der Waals surface area contributed by atoms with Gasteiger partial charge in [-0.25, -0.2) is 0 Å². The predicted octanol–water partition coefficient (Wildman–Crippen LogP) is 4.90. The standard InChI is InChI=1S/C22H22O3/c1-3-15-23-22(24-16-4-2)20(18-11-7-5-8-12-18)17-21(25-22)19-13-9-6-10-14-19/h3-14,17,20H,1-2,15-16H2. The first kappa shape index (κ1) is 17.2. The summed E-state index contributed by atoms with van der Waals surface area (Å²) in [4.78, 5) is 0. The Kier molecular flexibility index (Phi) is 5.49. The highest BCUT2D eigenvalue weighted by Gasteiger charge is 2.49. The molecule has 0 N–H and O–H groups in total. The zero-order valence-electron chi connectivity index (χ0n) is 14.1. The summed E-state index contributed by atoms with van der Waals surface area (Å²) < 4.78 is 18.2. The van der Waals surface area contributed by atoms with E-state index in [1.54, 1.807) is 12.2 Å². The van der Waals surface area contributed by atoms with E-state index in [4.69, 9.17) is 14.2 Å². The predicted molar refractivity (Wildman–Crippen MR) is 99.7 cm³/mol. The van der Waals surface area contributed by atoms with E-state index in [0.29, 0.717) is 13.2 Å². The van der Waals surface area contributed by atoms with Crippen LogP contribution >= 0.6 is 0 Å². The molecule has 0 spiro atoms. The van der Waals surface area contributed by atoms with Crippen LogP contribution in [0.3, 0.4) is 0 Å². The first-order valence-corrected chi connectivity index (χ1v) is 8.30. The SMILES string of the molecule is C=CCOC1(OCC=C)OC(c2ccccc2)=CC1c1ccccc1. The van der Waals surface area contributed by atoms with E-state index >= 15 is 0 Å². The average Bonchev–Trinajstić information content (AvgIpc) is 3.06. The second-order valence-corrected chi connectivity index (χ2v) is 5.69. The molecule has 3 rings (SSSR count). The Balaban J connectivity index is 2.02. The zero-order chi connectivity index (χ0) is 17.5. The van der Waals surface area contributed by atoms with E-state index in [9.17, 15) is 0 Å². The Morgan fingerprint density at radius 1 is 0.880 bits per heavy atom. The molecule has 1 aliphatic heterocycles. The Labute approximate surface area is 148 Å². The van der Waals surface area contributed by atoms with Crippen LogP contribution in [0, 0.1) is 0 Å². The molecule has 0 radical (unpaired) electrons. The topological polar surface area (TPSA) is 27.7 Å². The maximum atomic E-state index is 6.23. The molecule has 0 saturated heterocycles. The monoisotopic (exact) mass is 334 g/mol. The number of rotatable bonds is 8. The Hall–Kier alpha value is -2.62. The minimum absolute atomic E-state index is 0.205. The van der Waals surface area contributed by atoms with E-state index in [1.165, 1.54) is 0 Å². The summed E-state index contributed by atoms with van der Waals surface area (Å²) in [6.45, 7) is 8.10. The van der Waals surface area contributed by atoms with Crippen LogP contribution in [-0.4, -0.2) is 19.2 Å². The molecule has 0 amide bonds. The van der Waals surface area contributed by atoms with Crippen LogP contribution in [0.15, 0.2) is 92.0 Å². The fourth-order valence-electron chi connectivity index (χ4n) is 2.85. The Bertz CT molecular complexity index is 722. The minimum Gasteiger partial charge on any atom is -0.438 e. The lowest BCUT2D eigenvalue weighted by molar-refractivity contribution is -0.346. The minimum atomic E-state index is -1.24. The molecule has 0 fully saturated rings. The van der Waals surface area contributed by atoms with Gasteiger partial charge in [-0.2, -0.15) is 0 Å². The summed E-state index contributed by atoms with van der Waals surface area (Å²) in [5, 5.41) is 0. The molecule has 0 aromatic heterocycles. The van der Waals surface area contributed by atoms with Gasteiger partial charge in [0.05, 0.1) is 13.2 Å². The molecule has 2 aromatic rings. The van der Waals surface area contributed by atoms with Gasteiger partial charge in [-0.05, 0) is 11.6 Å².